The highest BCUT2D eigenvalue weighted by Crippen LogP contribution is 2.18. The Labute approximate surface area is 102 Å². The van der Waals surface area contributed by atoms with Crippen LogP contribution in [0.2, 0.25) is 0 Å². The van der Waals surface area contributed by atoms with E-state index in [0.29, 0.717) is 0 Å². The van der Waals surface area contributed by atoms with Crippen molar-refractivity contribution in [2.24, 2.45) is 0 Å². The van der Waals surface area contributed by atoms with Crippen LogP contribution < -0.4 is 10.2 Å². The summed E-state index contributed by atoms with van der Waals surface area (Å²) in [6.45, 7) is 4.67. The number of hydrogen-bond donors (Lipinski definition) is 1. The third-order valence-corrected chi connectivity index (χ3v) is 3.34. The molecule has 0 saturated carbocycles. The molecule has 0 radical (unpaired) electrons. The first-order chi connectivity index (χ1) is 8.18. The maximum atomic E-state index is 12.9. The average Bonchev–Trinajstić information content (AvgIpc) is 2.39. The third-order valence-electron chi connectivity index (χ3n) is 3.34. The van der Waals surface area contributed by atoms with Gasteiger partial charge in [0.25, 0.3) is 0 Å². The Morgan fingerprint density at radius 1 is 1.41 bits per heavy atom. The van der Waals surface area contributed by atoms with E-state index in [1.807, 2.05) is 7.05 Å². The first kappa shape index (κ1) is 12.3. The summed E-state index contributed by atoms with van der Waals surface area (Å²) in [5.41, 5.74) is 1.01. The van der Waals surface area contributed by atoms with Gasteiger partial charge < -0.3 is 15.0 Å². The predicted molar refractivity (Wildman–Crippen MR) is 66.9 cm³/mol. The summed E-state index contributed by atoms with van der Waals surface area (Å²) in [5.74, 6) is -0.203. The molecule has 0 spiro atoms. The summed E-state index contributed by atoms with van der Waals surface area (Å²) >= 11 is 0. The lowest BCUT2D eigenvalue weighted by Gasteiger charge is -2.35. The van der Waals surface area contributed by atoms with Crippen LogP contribution in [0.1, 0.15) is 6.92 Å². The Hall–Kier alpha value is -1.13. The minimum atomic E-state index is -0.203. The molecule has 1 saturated heterocycles. The molecule has 94 valence electrons. The molecular weight excluding hydrogens is 219 g/mol. The van der Waals surface area contributed by atoms with Crippen molar-refractivity contribution >= 4 is 5.69 Å². The van der Waals surface area contributed by atoms with Crippen LogP contribution in [0.15, 0.2) is 24.3 Å². The van der Waals surface area contributed by atoms with Gasteiger partial charge in [-0.3, -0.25) is 0 Å². The maximum absolute atomic E-state index is 12.9. The largest absolute Gasteiger partial charge is 0.373 e. The van der Waals surface area contributed by atoms with Crippen molar-refractivity contribution in [3.8, 4) is 0 Å². The zero-order chi connectivity index (χ0) is 12.3. The number of ether oxygens (including phenoxy) is 1. The van der Waals surface area contributed by atoms with Crippen LogP contribution in [0.3, 0.4) is 0 Å². The summed E-state index contributed by atoms with van der Waals surface area (Å²) in [6.07, 6.45) is 0.179. The van der Waals surface area contributed by atoms with E-state index in [0.717, 1.165) is 25.4 Å². The second-order valence-corrected chi connectivity index (χ2v) is 4.44. The van der Waals surface area contributed by atoms with Crippen LogP contribution >= 0.6 is 0 Å². The lowest BCUT2D eigenvalue weighted by molar-refractivity contribution is 0.0153. The summed E-state index contributed by atoms with van der Waals surface area (Å²) in [4.78, 5) is 2.12. The van der Waals surface area contributed by atoms with Gasteiger partial charge in [-0.25, -0.2) is 4.39 Å². The summed E-state index contributed by atoms with van der Waals surface area (Å²) in [6, 6.07) is 6.81. The van der Waals surface area contributed by atoms with Gasteiger partial charge in [0.2, 0.25) is 0 Å². The Balaban J connectivity index is 2.02. The van der Waals surface area contributed by atoms with E-state index in [1.165, 1.54) is 12.1 Å². The molecular formula is C13H19FN2O. The van der Waals surface area contributed by atoms with Crippen molar-refractivity contribution in [1.82, 2.24) is 5.32 Å². The molecule has 0 bridgehead atoms. The molecule has 0 aromatic heterocycles. The average molecular weight is 238 g/mol. The maximum Gasteiger partial charge on any atom is 0.123 e. The topological polar surface area (TPSA) is 24.5 Å². The van der Waals surface area contributed by atoms with E-state index in [-0.39, 0.29) is 18.0 Å². The van der Waals surface area contributed by atoms with Crippen LogP contribution in [0.4, 0.5) is 10.1 Å². The smallest absolute Gasteiger partial charge is 0.123 e. The minimum Gasteiger partial charge on any atom is -0.373 e. The molecule has 2 rings (SSSR count). The molecule has 1 aliphatic rings. The summed E-state index contributed by atoms with van der Waals surface area (Å²) in [7, 11) is 2.01. The van der Waals surface area contributed by atoms with Crippen molar-refractivity contribution in [1.29, 1.82) is 0 Å². The summed E-state index contributed by atoms with van der Waals surface area (Å²) < 4.78 is 18.6. The fourth-order valence-electron chi connectivity index (χ4n) is 2.06. The molecule has 1 aliphatic heterocycles. The monoisotopic (exact) mass is 238 g/mol. The highest BCUT2D eigenvalue weighted by Gasteiger charge is 2.24. The molecule has 0 amide bonds. The van der Waals surface area contributed by atoms with E-state index in [2.05, 4.69) is 17.1 Å². The standard InChI is InChI=1S/C13H19FN2O/c1-10(13-9-15-7-8-17-13)16(2)12-5-3-11(14)4-6-12/h3-6,10,13,15H,7-9H2,1-2H3. The number of benzene rings is 1. The minimum absolute atomic E-state index is 0.179. The lowest BCUT2D eigenvalue weighted by atomic mass is 10.1. The Morgan fingerprint density at radius 2 is 2.12 bits per heavy atom. The number of likely N-dealkylation sites (N-methyl/N-ethyl adjacent to an activating group) is 1. The van der Waals surface area contributed by atoms with Crippen molar-refractivity contribution in [2.45, 2.75) is 19.1 Å². The van der Waals surface area contributed by atoms with Gasteiger partial charge in [0.1, 0.15) is 5.82 Å². The number of nitrogens with one attached hydrogen (secondary N) is 1. The first-order valence-electron chi connectivity index (χ1n) is 5.99. The van der Waals surface area contributed by atoms with Gasteiger partial charge in [0.05, 0.1) is 18.8 Å². The van der Waals surface area contributed by atoms with E-state index in [9.17, 15) is 4.39 Å². The zero-order valence-electron chi connectivity index (χ0n) is 10.3. The quantitative estimate of drug-likeness (QED) is 0.866. The normalized spacial score (nSPS) is 22.2. The van der Waals surface area contributed by atoms with Gasteiger partial charge in [0.15, 0.2) is 0 Å². The highest BCUT2D eigenvalue weighted by atomic mass is 19.1. The summed E-state index contributed by atoms with van der Waals surface area (Å²) in [5, 5.41) is 3.32. The lowest BCUT2D eigenvalue weighted by Crippen LogP contribution is -2.50. The number of morpholine rings is 1. The van der Waals surface area contributed by atoms with Gasteiger partial charge in [-0.05, 0) is 31.2 Å². The van der Waals surface area contributed by atoms with Gasteiger partial charge >= 0.3 is 0 Å². The van der Waals surface area contributed by atoms with Gasteiger partial charge in [-0.15, -0.1) is 0 Å². The van der Waals surface area contributed by atoms with Crippen molar-refractivity contribution in [2.75, 3.05) is 31.6 Å². The van der Waals surface area contributed by atoms with E-state index in [1.54, 1.807) is 12.1 Å². The number of anilines is 1. The molecule has 2 atom stereocenters. The van der Waals surface area contributed by atoms with Gasteiger partial charge in [-0.1, -0.05) is 0 Å². The van der Waals surface area contributed by atoms with Crippen molar-refractivity contribution < 1.29 is 9.13 Å². The van der Waals surface area contributed by atoms with Gasteiger partial charge in [0, 0.05) is 25.8 Å². The molecule has 1 aromatic rings. The fraction of sp³-hybridized carbons (Fsp3) is 0.538. The predicted octanol–water partition coefficient (Wildman–Crippen LogP) is 1.64. The van der Waals surface area contributed by atoms with E-state index in [4.69, 9.17) is 4.74 Å². The fourth-order valence-corrected chi connectivity index (χ4v) is 2.06. The number of nitrogens with zero attached hydrogens (tertiary/aromatic N) is 1. The Morgan fingerprint density at radius 3 is 2.71 bits per heavy atom. The second kappa shape index (κ2) is 5.47. The number of rotatable bonds is 3. The Bertz CT molecular complexity index is 349. The van der Waals surface area contributed by atoms with Crippen molar-refractivity contribution in [3.63, 3.8) is 0 Å². The first-order valence-corrected chi connectivity index (χ1v) is 5.99. The second-order valence-electron chi connectivity index (χ2n) is 4.44. The molecule has 3 nitrogen and oxygen atoms in total. The molecule has 0 aliphatic carbocycles. The molecule has 1 N–H and O–H groups in total. The highest BCUT2D eigenvalue weighted by molar-refractivity contribution is 5.46. The molecule has 17 heavy (non-hydrogen) atoms. The molecule has 1 heterocycles. The van der Waals surface area contributed by atoms with Crippen molar-refractivity contribution in [3.05, 3.63) is 30.1 Å². The third kappa shape index (κ3) is 2.96. The van der Waals surface area contributed by atoms with Gasteiger partial charge in [-0.2, -0.15) is 0 Å². The zero-order valence-corrected chi connectivity index (χ0v) is 10.3. The van der Waals surface area contributed by atoms with E-state index < -0.39 is 0 Å². The SMILES string of the molecule is CC(C1CNCCO1)N(C)c1ccc(F)cc1. The van der Waals surface area contributed by atoms with Crippen LogP contribution in [-0.2, 0) is 4.74 Å². The molecule has 1 aromatic carbocycles. The van der Waals surface area contributed by atoms with Crippen LogP contribution in [0.25, 0.3) is 0 Å². The molecule has 4 heteroatoms. The van der Waals surface area contributed by atoms with Crippen LogP contribution in [-0.4, -0.2) is 38.9 Å². The molecule has 1 fully saturated rings. The van der Waals surface area contributed by atoms with Crippen LogP contribution in [0.5, 0.6) is 0 Å². The number of hydrogen-bond acceptors (Lipinski definition) is 3. The number of halogens is 1. The van der Waals surface area contributed by atoms with E-state index >= 15 is 0 Å². The van der Waals surface area contributed by atoms with Crippen LogP contribution in [0, 0.1) is 5.82 Å². The molecule has 2 unspecified atom stereocenters. The Kier molecular flexibility index (Phi) is 3.97.